The van der Waals surface area contributed by atoms with E-state index in [1.54, 1.807) is 0 Å². The third-order valence-electron chi connectivity index (χ3n) is 3.00. The van der Waals surface area contributed by atoms with Crippen LogP contribution in [0.1, 0.15) is 24.8 Å². The fraction of sp³-hybridized carbons (Fsp3) is 0.583. The van der Waals surface area contributed by atoms with Gasteiger partial charge in [0.2, 0.25) is 0 Å². The molecule has 2 nitrogen and oxygen atoms in total. The molecule has 1 aromatic rings. The van der Waals surface area contributed by atoms with Gasteiger partial charge in [0.15, 0.2) is 0 Å². The molecule has 0 aromatic carbocycles. The minimum Gasteiger partial charge on any atom is -0.353 e. The zero-order chi connectivity index (χ0) is 10.7. The van der Waals surface area contributed by atoms with Gasteiger partial charge in [0, 0.05) is 24.1 Å². The predicted octanol–water partition coefficient (Wildman–Crippen LogP) is 3.14. The lowest BCUT2D eigenvalue weighted by molar-refractivity contribution is 0.487. The number of nitrogens with zero attached hydrogens (tertiary/aromatic N) is 2. The molecule has 1 unspecified atom stereocenters. The smallest absolute Gasteiger partial charge is 0.128 e. The summed E-state index contributed by atoms with van der Waals surface area (Å²) in [4.78, 5) is 6.93. The molecule has 15 heavy (non-hydrogen) atoms. The van der Waals surface area contributed by atoms with Crippen LogP contribution in [0.3, 0.4) is 0 Å². The molecule has 82 valence electrons. The van der Waals surface area contributed by atoms with Crippen LogP contribution in [0.5, 0.6) is 0 Å². The van der Waals surface area contributed by atoms with Gasteiger partial charge in [0.1, 0.15) is 5.82 Å². The summed E-state index contributed by atoms with van der Waals surface area (Å²) >= 11 is 3.59. The molecule has 1 atom stereocenters. The van der Waals surface area contributed by atoms with Crippen LogP contribution in [0, 0.1) is 6.92 Å². The molecule has 0 N–H and O–H groups in total. The Kier molecular flexibility index (Phi) is 3.62. The van der Waals surface area contributed by atoms with E-state index in [0.29, 0.717) is 6.04 Å². The molecular formula is C12H17BrN2. The van der Waals surface area contributed by atoms with Crippen molar-refractivity contribution in [3.05, 3.63) is 23.9 Å². The maximum Gasteiger partial charge on any atom is 0.128 e. The summed E-state index contributed by atoms with van der Waals surface area (Å²) in [5, 5.41) is 1.04. The molecule has 2 rings (SSSR count). The summed E-state index contributed by atoms with van der Waals surface area (Å²) in [7, 11) is 0. The molecule has 0 amide bonds. The van der Waals surface area contributed by atoms with E-state index in [1.165, 1.54) is 24.8 Å². The van der Waals surface area contributed by atoms with Gasteiger partial charge < -0.3 is 4.90 Å². The Bertz CT molecular complexity index is 310. The summed E-state index contributed by atoms with van der Waals surface area (Å²) in [6, 6.07) is 4.90. The van der Waals surface area contributed by atoms with E-state index >= 15 is 0 Å². The zero-order valence-corrected chi connectivity index (χ0v) is 10.7. The fourth-order valence-corrected chi connectivity index (χ4v) is 2.77. The van der Waals surface area contributed by atoms with Gasteiger partial charge in [-0.15, -0.1) is 0 Å². The number of aryl methyl sites for hydroxylation is 1. The molecule has 2 heterocycles. The van der Waals surface area contributed by atoms with E-state index in [4.69, 9.17) is 0 Å². The van der Waals surface area contributed by atoms with Gasteiger partial charge in [0.05, 0.1) is 0 Å². The zero-order valence-electron chi connectivity index (χ0n) is 9.12. The largest absolute Gasteiger partial charge is 0.353 e. The lowest BCUT2D eigenvalue weighted by atomic mass is 10.0. The second-order valence-corrected chi connectivity index (χ2v) is 4.84. The predicted molar refractivity (Wildman–Crippen MR) is 67.8 cm³/mol. The van der Waals surface area contributed by atoms with E-state index < -0.39 is 0 Å². The highest BCUT2D eigenvalue weighted by molar-refractivity contribution is 9.09. The van der Waals surface area contributed by atoms with Crippen LogP contribution in [0.25, 0.3) is 0 Å². The minimum absolute atomic E-state index is 0.619. The second-order valence-electron chi connectivity index (χ2n) is 4.19. The Labute approximate surface area is 99.8 Å². The van der Waals surface area contributed by atoms with E-state index in [0.717, 1.165) is 17.7 Å². The first-order chi connectivity index (χ1) is 7.31. The minimum atomic E-state index is 0.619. The molecule has 1 aliphatic rings. The summed E-state index contributed by atoms with van der Waals surface area (Å²) < 4.78 is 0. The number of halogens is 1. The number of hydrogen-bond donors (Lipinski definition) is 0. The maximum atomic E-state index is 4.51. The first-order valence-electron chi connectivity index (χ1n) is 5.56. The molecule has 1 fully saturated rings. The highest BCUT2D eigenvalue weighted by Gasteiger charge is 2.22. The molecular weight excluding hydrogens is 252 g/mol. The lowest BCUT2D eigenvalue weighted by Gasteiger charge is -2.35. The van der Waals surface area contributed by atoms with E-state index in [1.807, 2.05) is 6.20 Å². The van der Waals surface area contributed by atoms with Gasteiger partial charge in [-0.3, -0.25) is 0 Å². The lowest BCUT2D eigenvalue weighted by Crippen LogP contribution is -2.41. The molecule has 0 spiro atoms. The van der Waals surface area contributed by atoms with Gasteiger partial charge in [0.25, 0.3) is 0 Å². The summed E-state index contributed by atoms with van der Waals surface area (Å²) in [5.74, 6) is 1.13. The SMILES string of the molecule is Cc1ccc(N2CCCCC2CBr)nc1. The van der Waals surface area contributed by atoms with E-state index in [9.17, 15) is 0 Å². The van der Waals surface area contributed by atoms with Gasteiger partial charge in [-0.1, -0.05) is 22.0 Å². The molecule has 3 heteroatoms. The highest BCUT2D eigenvalue weighted by Crippen LogP contribution is 2.24. The van der Waals surface area contributed by atoms with E-state index in [2.05, 4.69) is 44.9 Å². The molecule has 0 bridgehead atoms. The number of anilines is 1. The van der Waals surface area contributed by atoms with Crippen LogP contribution in [0.2, 0.25) is 0 Å². The molecule has 0 aliphatic carbocycles. The van der Waals surface area contributed by atoms with Crippen molar-refractivity contribution < 1.29 is 0 Å². The number of alkyl halides is 1. The van der Waals surface area contributed by atoms with Gasteiger partial charge in [-0.05, 0) is 37.8 Å². The first kappa shape index (κ1) is 10.9. The number of hydrogen-bond acceptors (Lipinski definition) is 2. The van der Waals surface area contributed by atoms with Crippen LogP contribution in [-0.4, -0.2) is 22.9 Å². The summed E-state index contributed by atoms with van der Waals surface area (Å²) in [6.45, 7) is 3.22. The molecule has 1 aromatic heterocycles. The fourth-order valence-electron chi connectivity index (χ4n) is 2.09. The maximum absolute atomic E-state index is 4.51. The van der Waals surface area contributed by atoms with Crippen molar-refractivity contribution in [2.75, 3.05) is 16.8 Å². The van der Waals surface area contributed by atoms with Gasteiger partial charge >= 0.3 is 0 Å². The Hall–Kier alpha value is -0.570. The average molecular weight is 269 g/mol. The average Bonchev–Trinajstić information content (AvgIpc) is 2.30. The number of aromatic nitrogens is 1. The highest BCUT2D eigenvalue weighted by atomic mass is 79.9. The Morgan fingerprint density at radius 3 is 3.00 bits per heavy atom. The Morgan fingerprint density at radius 2 is 2.33 bits per heavy atom. The molecule has 1 aliphatic heterocycles. The normalized spacial score (nSPS) is 21.7. The van der Waals surface area contributed by atoms with Crippen molar-refractivity contribution in [1.82, 2.24) is 4.98 Å². The first-order valence-corrected chi connectivity index (χ1v) is 6.68. The number of rotatable bonds is 2. The topological polar surface area (TPSA) is 16.1 Å². The number of piperidine rings is 1. The van der Waals surface area contributed by atoms with Crippen molar-refractivity contribution in [3.63, 3.8) is 0 Å². The number of pyridine rings is 1. The molecule has 1 saturated heterocycles. The summed E-state index contributed by atoms with van der Waals surface area (Å²) in [5.41, 5.74) is 1.23. The molecule has 0 saturated carbocycles. The quantitative estimate of drug-likeness (QED) is 0.767. The van der Waals surface area contributed by atoms with Crippen LogP contribution in [0.15, 0.2) is 18.3 Å². The monoisotopic (exact) mass is 268 g/mol. The van der Waals surface area contributed by atoms with Crippen LogP contribution in [-0.2, 0) is 0 Å². The van der Waals surface area contributed by atoms with Crippen LogP contribution >= 0.6 is 15.9 Å². The third-order valence-corrected chi connectivity index (χ3v) is 3.74. The van der Waals surface area contributed by atoms with Crippen molar-refractivity contribution in [1.29, 1.82) is 0 Å². The Morgan fingerprint density at radius 1 is 1.47 bits per heavy atom. The van der Waals surface area contributed by atoms with E-state index in [-0.39, 0.29) is 0 Å². The van der Waals surface area contributed by atoms with Crippen molar-refractivity contribution in [2.45, 2.75) is 32.2 Å². The molecule has 0 radical (unpaired) electrons. The van der Waals surface area contributed by atoms with Crippen LogP contribution < -0.4 is 4.90 Å². The van der Waals surface area contributed by atoms with Crippen molar-refractivity contribution >= 4 is 21.7 Å². The standard InChI is InChI=1S/C12H17BrN2/c1-10-5-6-12(14-9-10)15-7-3-2-4-11(15)8-13/h5-6,9,11H,2-4,7-8H2,1H3. The second kappa shape index (κ2) is 4.97. The summed E-state index contributed by atoms with van der Waals surface area (Å²) in [6.07, 6.45) is 5.87. The van der Waals surface area contributed by atoms with Crippen molar-refractivity contribution in [2.24, 2.45) is 0 Å². The Balaban J connectivity index is 2.16. The third kappa shape index (κ3) is 2.51. The van der Waals surface area contributed by atoms with Gasteiger partial charge in [-0.25, -0.2) is 4.98 Å². The van der Waals surface area contributed by atoms with Gasteiger partial charge in [-0.2, -0.15) is 0 Å². The van der Waals surface area contributed by atoms with Crippen LogP contribution in [0.4, 0.5) is 5.82 Å². The van der Waals surface area contributed by atoms with Crippen molar-refractivity contribution in [3.8, 4) is 0 Å².